The van der Waals surface area contributed by atoms with Gasteiger partial charge in [-0.05, 0) is 24.3 Å². The lowest BCUT2D eigenvalue weighted by atomic mass is 10.2. The number of para-hydroxylation sites is 1. The van der Waals surface area contributed by atoms with E-state index in [2.05, 4.69) is 15.3 Å². The number of benzene rings is 2. The molecule has 0 radical (unpaired) electrons. The number of nitrogens with zero attached hydrogens (tertiary/aromatic N) is 4. The zero-order valence-electron chi connectivity index (χ0n) is 9.91. The van der Waals surface area contributed by atoms with Crippen LogP contribution in [0.4, 0.5) is 0 Å². The fraction of sp³-hybridized carbons (Fsp3) is 0. The van der Waals surface area contributed by atoms with E-state index in [1.165, 1.54) is 0 Å². The molecule has 0 unspecified atom stereocenters. The second kappa shape index (κ2) is 3.58. The van der Waals surface area contributed by atoms with E-state index in [1.807, 2.05) is 48.5 Å². The third kappa shape index (κ3) is 1.35. The normalized spacial score (nSPS) is 11.4. The highest BCUT2D eigenvalue weighted by Crippen LogP contribution is 2.17. The van der Waals surface area contributed by atoms with Crippen molar-refractivity contribution < 1.29 is 0 Å². The van der Waals surface area contributed by atoms with Crippen molar-refractivity contribution in [3.05, 3.63) is 54.0 Å². The Morgan fingerprint density at radius 2 is 1.63 bits per heavy atom. The van der Waals surface area contributed by atoms with Gasteiger partial charge in [0, 0.05) is 10.8 Å². The Morgan fingerprint density at radius 1 is 0.895 bits per heavy atom. The maximum absolute atomic E-state index is 8.05. The number of fused-ring (bicyclic) bond motifs is 5. The summed E-state index contributed by atoms with van der Waals surface area (Å²) in [6.07, 6.45) is 0. The quantitative estimate of drug-likeness (QED) is 0.483. The monoisotopic (exact) mass is 247 g/mol. The second-order valence-corrected chi connectivity index (χ2v) is 4.32. The highest BCUT2D eigenvalue weighted by atomic mass is 15.4. The molecule has 4 aromatic rings. The number of rotatable bonds is 0. The fourth-order valence-electron chi connectivity index (χ4n) is 2.29. The van der Waals surface area contributed by atoms with Gasteiger partial charge in [-0.25, -0.2) is 4.98 Å². The third-order valence-corrected chi connectivity index (χ3v) is 3.19. The molecule has 19 heavy (non-hydrogen) atoms. The standard InChI is InChI=1S/C14H9N5/c15-13-10-6-2-4-8-12(10)19-14(16-13)9-5-1-3-7-11(9)17-18-19/h1-8,15H. The van der Waals surface area contributed by atoms with Gasteiger partial charge in [0.25, 0.3) is 0 Å². The van der Waals surface area contributed by atoms with Crippen LogP contribution in [0.5, 0.6) is 0 Å². The molecule has 5 nitrogen and oxygen atoms in total. The highest BCUT2D eigenvalue weighted by Gasteiger charge is 2.07. The lowest BCUT2D eigenvalue weighted by Gasteiger charge is -2.06. The zero-order valence-corrected chi connectivity index (χ0v) is 9.91. The van der Waals surface area contributed by atoms with Crippen molar-refractivity contribution in [2.24, 2.45) is 0 Å². The molecule has 0 aliphatic carbocycles. The molecular formula is C14H9N5. The molecule has 90 valence electrons. The maximum Gasteiger partial charge on any atom is 0.167 e. The molecule has 0 spiro atoms. The molecule has 0 amide bonds. The lowest BCUT2D eigenvalue weighted by Crippen LogP contribution is -2.13. The summed E-state index contributed by atoms with van der Waals surface area (Å²) in [5.74, 6) is 0. The molecule has 2 heterocycles. The van der Waals surface area contributed by atoms with Crippen molar-refractivity contribution in [2.45, 2.75) is 0 Å². The minimum Gasteiger partial charge on any atom is -0.282 e. The molecule has 0 saturated heterocycles. The van der Waals surface area contributed by atoms with E-state index in [9.17, 15) is 0 Å². The van der Waals surface area contributed by atoms with Gasteiger partial charge in [-0.3, -0.25) is 5.41 Å². The topological polar surface area (TPSA) is 66.9 Å². The Bertz CT molecular complexity index is 987. The number of hydrogen-bond donors (Lipinski definition) is 1. The van der Waals surface area contributed by atoms with E-state index in [4.69, 9.17) is 5.41 Å². The zero-order chi connectivity index (χ0) is 12.8. The van der Waals surface area contributed by atoms with Gasteiger partial charge < -0.3 is 0 Å². The Labute approximate surface area is 107 Å². The lowest BCUT2D eigenvalue weighted by molar-refractivity contribution is 0.832. The van der Waals surface area contributed by atoms with Crippen LogP contribution in [0.1, 0.15) is 0 Å². The van der Waals surface area contributed by atoms with Crippen molar-refractivity contribution in [3.8, 4) is 0 Å². The molecule has 1 N–H and O–H groups in total. The average Bonchev–Trinajstić information content (AvgIpc) is 2.47. The van der Waals surface area contributed by atoms with Gasteiger partial charge in [0.15, 0.2) is 11.1 Å². The molecule has 0 aliphatic heterocycles. The molecule has 0 aliphatic rings. The van der Waals surface area contributed by atoms with Gasteiger partial charge in [-0.15, -0.1) is 5.10 Å². The number of hydrogen-bond acceptors (Lipinski definition) is 4. The van der Waals surface area contributed by atoms with Crippen LogP contribution in [-0.2, 0) is 0 Å². The molecular weight excluding hydrogens is 238 g/mol. The summed E-state index contributed by atoms with van der Waals surface area (Å²) in [5.41, 5.74) is 2.54. The summed E-state index contributed by atoms with van der Waals surface area (Å²) in [7, 11) is 0. The van der Waals surface area contributed by atoms with Gasteiger partial charge >= 0.3 is 0 Å². The summed E-state index contributed by atoms with van der Waals surface area (Å²) in [6.45, 7) is 0. The molecule has 5 heteroatoms. The van der Waals surface area contributed by atoms with E-state index in [1.54, 1.807) is 4.52 Å². The highest BCUT2D eigenvalue weighted by molar-refractivity contribution is 5.93. The summed E-state index contributed by atoms with van der Waals surface area (Å²) in [5, 5.41) is 18.1. The molecule has 4 rings (SSSR count). The van der Waals surface area contributed by atoms with Crippen LogP contribution in [0.2, 0.25) is 0 Å². The second-order valence-electron chi connectivity index (χ2n) is 4.32. The molecule has 0 fully saturated rings. The van der Waals surface area contributed by atoms with Crippen molar-refractivity contribution in [1.82, 2.24) is 19.8 Å². The Kier molecular flexibility index (Phi) is 1.91. The van der Waals surface area contributed by atoms with Crippen molar-refractivity contribution in [2.75, 3.05) is 0 Å². The van der Waals surface area contributed by atoms with E-state index in [-0.39, 0.29) is 5.49 Å². The van der Waals surface area contributed by atoms with Crippen LogP contribution in [0.3, 0.4) is 0 Å². The summed E-state index contributed by atoms with van der Waals surface area (Å²) >= 11 is 0. The van der Waals surface area contributed by atoms with Crippen molar-refractivity contribution in [1.29, 1.82) is 5.41 Å². The molecule has 0 atom stereocenters. The first-order valence-electron chi connectivity index (χ1n) is 5.92. The first-order chi connectivity index (χ1) is 9.34. The molecule has 2 aromatic carbocycles. The van der Waals surface area contributed by atoms with Crippen LogP contribution in [0.25, 0.3) is 27.5 Å². The van der Waals surface area contributed by atoms with E-state index in [0.717, 1.165) is 21.8 Å². The van der Waals surface area contributed by atoms with Gasteiger partial charge in [0.2, 0.25) is 0 Å². The van der Waals surface area contributed by atoms with E-state index >= 15 is 0 Å². The van der Waals surface area contributed by atoms with Gasteiger partial charge in [0.1, 0.15) is 0 Å². The van der Waals surface area contributed by atoms with Crippen LogP contribution in [0.15, 0.2) is 48.5 Å². The fourth-order valence-corrected chi connectivity index (χ4v) is 2.29. The SMILES string of the molecule is N=c1nc2c3ccccc3nnn2c2ccccc12. The van der Waals surface area contributed by atoms with E-state index < -0.39 is 0 Å². The largest absolute Gasteiger partial charge is 0.282 e. The molecule has 2 aromatic heterocycles. The third-order valence-electron chi connectivity index (χ3n) is 3.19. The predicted octanol–water partition coefficient (Wildman–Crippen LogP) is 1.91. The van der Waals surface area contributed by atoms with Gasteiger partial charge in [-0.1, -0.05) is 29.5 Å². The van der Waals surface area contributed by atoms with Crippen molar-refractivity contribution >= 4 is 27.5 Å². The minimum atomic E-state index is 0.258. The maximum atomic E-state index is 8.05. The van der Waals surface area contributed by atoms with Crippen LogP contribution < -0.4 is 5.49 Å². The Balaban J connectivity index is 2.37. The van der Waals surface area contributed by atoms with Crippen LogP contribution in [0, 0.1) is 5.41 Å². The molecule has 0 bridgehead atoms. The number of aromatic nitrogens is 4. The van der Waals surface area contributed by atoms with Crippen molar-refractivity contribution in [3.63, 3.8) is 0 Å². The van der Waals surface area contributed by atoms with Gasteiger partial charge in [-0.2, -0.15) is 4.52 Å². The Hall–Kier alpha value is -2.82. The average molecular weight is 247 g/mol. The first kappa shape index (κ1) is 10.1. The Morgan fingerprint density at radius 3 is 2.53 bits per heavy atom. The smallest absolute Gasteiger partial charge is 0.167 e. The summed E-state index contributed by atoms with van der Waals surface area (Å²) in [6, 6.07) is 15.3. The van der Waals surface area contributed by atoms with E-state index in [0.29, 0.717) is 5.65 Å². The first-order valence-corrected chi connectivity index (χ1v) is 5.92. The number of nitrogens with one attached hydrogen (secondary N) is 1. The minimum absolute atomic E-state index is 0.258. The van der Waals surface area contributed by atoms with Crippen LogP contribution >= 0.6 is 0 Å². The summed E-state index contributed by atoms with van der Waals surface area (Å²) < 4.78 is 1.69. The predicted molar refractivity (Wildman–Crippen MR) is 71.6 cm³/mol. The molecule has 0 saturated carbocycles. The van der Waals surface area contributed by atoms with Crippen LogP contribution in [-0.4, -0.2) is 19.8 Å². The van der Waals surface area contributed by atoms with Gasteiger partial charge in [0.05, 0.1) is 11.0 Å². The summed E-state index contributed by atoms with van der Waals surface area (Å²) in [4.78, 5) is 4.36.